The number of urea groups is 1. The van der Waals surface area contributed by atoms with Gasteiger partial charge in [0.25, 0.3) is 0 Å². The summed E-state index contributed by atoms with van der Waals surface area (Å²) in [6.45, 7) is 6.90. The Morgan fingerprint density at radius 3 is 2.16 bits per heavy atom. The Morgan fingerprint density at radius 1 is 1.08 bits per heavy atom. The molecule has 1 aromatic carbocycles. The van der Waals surface area contributed by atoms with Crippen LogP contribution in [0.15, 0.2) is 24.3 Å². The Morgan fingerprint density at radius 2 is 1.64 bits per heavy atom. The SMILES string of the molecule is CC(C)(C)C(=O)N1CCC(C(=O)Nc2cccc(NC(N)=O)c2)CC1. The molecule has 0 saturated carbocycles. The number of amides is 4. The number of nitrogens with two attached hydrogens (primary N) is 1. The lowest BCUT2D eigenvalue weighted by Crippen LogP contribution is -2.45. The third-order valence-corrected chi connectivity index (χ3v) is 4.19. The Hall–Kier alpha value is -2.57. The quantitative estimate of drug-likeness (QED) is 0.782. The van der Waals surface area contributed by atoms with Crippen LogP contribution >= 0.6 is 0 Å². The van der Waals surface area contributed by atoms with Crippen molar-refractivity contribution in [1.82, 2.24) is 4.90 Å². The fourth-order valence-electron chi connectivity index (χ4n) is 2.88. The Kier molecular flexibility index (Phi) is 5.66. The maximum Gasteiger partial charge on any atom is 0.316 e. The molecule has 0 bridgehead atoms. The van der Waals surface area contributed by atoms with Crippen molar-refractivity contribution in [1.29, 1.82) is 0 Å². The van der Waals surface area contributed by atoms with Gasteiger partial charge in [-0.1, -0.05) is 26.8 Å². The molecule has 0 aliphatic carbocycles. The van der Waals surface area contributed by atoms with Crippen LogP contribution in [0.3, 0.4) is 0 Å². The second-order valence-electron chi connectivity index (χ2n) is 7.38. The van der Waals surface area contributed by atoms with E-state index in [0.29, 0.717) is 37.3 Å². The van der Waals surface area contributed by atoms with Crippen molar-refractivity contribution in [3.63, 3.8) is 0 Å². The smallest absolute Gasteiger partial charge is 0.316 e. The lowest BCUT2D eigenvalue weighted by molar-refractivity contribution is -0.142. The summed E-state index contributed by atoms with van der Waals surface area (Å²) in [5, 5.41) is 5.34. The molecule has 0 aromatic heterocycles. The number of rotatable bonds is 3. The summed E-state index contributed by atoms with van der Waals surface area (Å²) in [5.74, 6) is -0.0764. The van der Waals surface area contributed by atoms with Gasteiger partial charge < -0.3 is 21.3 Å². The molecule has 0 spiro atoms. The van der Waals surface area contributed by atoms with Crippen molar-refractivity contribution in [2.24, 2.45) is 17.1 Å². The third kappa shape index (κ3) is 5.20. The number of carbonyl (C=O) groups excluding carboxylic acids is 3. The van der Waals surface area contributed by atoms with Gasteiger partial charge in [0.05, 0.1) is 0 Å². The number of piperidine rings is 1. The van der Waals surface area contributed by atoms with Crippen LogP contribution in [-0.4, -0.2) is 35.8 Å². The van der Waals surface area contributed by atoms with Gasteiger partial charge in [0.15, 0.2) is 0 Å². The number of hydrogen-bond donors (Lipinski definition) is 3. The van der Waals surface area contributed by atoms with Gasteiger partial charge in [-0.3, -0.25) is 9.59 Å². The third-order valence-electron chi connectivity index (χ3n) is 4.19. The standard InChI is InChI=1S/C18H26N4O3/c1-18(2,3)16(24)22-9-7-12(8-10-22)15(23)20-13-5-4-6-14(11-13)21-17(19)25/h4-6,11-12H,7-10H2,1-3H3,(H,20,23)(H3,19,21,25). The van der Waals surface area contributed by atoms with Crippen LogP contribution in [0.2, 0.25) is 0 Å². The number of hydrogen-bond acceptors (Lipinski definition) is 3. The average molecular weight is 346 g/mol. The van der Waals surface area contributed by atoms with E-state index < -0.39 is 11.4 Å². The number of anilines is 2. The van der Waals surface area contributed by atoms with Gasteiger partial charge in [0, 0.05) is 35.8 Å². The van der Waals surface area contributed by atoms with Crippen molar-refractivity contribution in [3.05, 3.63) is 24.3 Å². The summed E-state index contributed by atoms with van der Waals surface area (Å²) in [6, 6.07) is 6.17. The second-order valence-corrected chi connectivity index (χ2v) is 7.38. The van der Waals surface area contributed by atoms with Crippen LogP contribution in [0, 0.1) is 11.3 Å². The van der Waals surface area contributed by atoms with E-state index in [0.717, 1.165) is 0 Å². The highest BCUT2D eigenvalue weighted by Crippen LogP contribution is 2.25. The Bertz CT molecular complexity index is 659. The maximum atomic E-state index is 12.4. The molecule has 136 valence electrons. The van der Waals surface area contributed by atoms with Crippen LogP contribution in [0.1, 0.15) is 33.6 Å². The van der Waals surface area contributed by atoms with Gasteiger partial charge in [-0.2, -0.15) is 0 Å². The van der Waals surface area contributed by atoms with E-state index in [9.17, 15) is 14.4 Å². The van der Waals surface area contributed by atoms with E-state index in [1.807, 2.05) is 25.7 Å². The molecule has 2 rings (SSSR count). The highest BCUT2D eigenvalue weighted by atomic mass is 16.2. The number of carbonyl (C=O) groups is 3. The number of nitrogens with zero attached hydrogens (tertiary/aromatic N) is 1. The molecule has 1 fully saturated rings. The van der Waals surface area contributed by atoms with E-state index in [1.165, 1.54) is 0 Å². The predicted octanol–water partition coefficient (Wildman–Crippen LogP) is 2.40. The zero-order chi connectivity index (χ0) is 18.6. The molecule has 0 atom stereocenters. The molecular weight excluding hydrogens is 320 g/mol. The molecule has 1 aromatic rings. The molecule has 1 aliphatic heterocycles. The maximum absolute atomic E-state index is 12.4. The van der Waals surface area contributed by atoms with Gasteiger partial charge in [0.1, 0.15) is 0 Å². The molecule has 25 heavy (non-hydrogen) atoms. The molecule has 0 radical (unpaired) electrons. The molecule has 0 unspecified atom stereocenters. The van der Waals surface area contributed by atoms with Gasteiger partial charge in [-0.15, -0.1) is 0 Å². The molecular formula is C18H26N4O3. The molecule has 1 aliphatic rings. The number of benzene rings is 1. The minimum absolute atomic E-state index is 0.0703. The Balaban J connectivity index is 1.91. The van der Waals surface area contributed by atoms with Crippen LogP contribution in [-0.2, 0) is 9.59 Å². The largest absolute Gasteiger partial charge is 0.351 e. The molecule has 7 nitrogen and oxygen atoms in total. The van der Waals surface area contributed by atoms with Crippen LogP contribution in [0.4, 0.5) is 16.2 Å². The van der Waals surface area contributed by atoms with Gasteiger partial charge in [0.2, 0.25) is 11.8 Å². The molecule has 4 N–H and O–H groups in total. The highest BCUT2D eigenvalue weighted by molar-refractivity contribution is 5.94. The summed E-state index contributed by atoms with van der Waals surface area (Å²) in [5.41, 5.74) is 5.82. The molecule has 1 saturated heterocycles. The van der Waals surface area contributed by atoms with Crippen LogP contribution in [0.25, 0.3) is 0 Å². The van der Waals surface area contributed by atoms with E-state index in [1.54, 1.807) is 24.3 Å². The predicted molar refractivity (Wildman–Crippen MR) is 97.0 cm³/mol. The highest BCUT2D eigenvalue weighted by Gasteiger charge is 2.32. The van der Waals surface area contributed by atoms with Crippen LogP contribution in [0.5, 0.6) is 0 Å². The van der Waals surface area contributed by atoms with Crippen molar-refractivity contribution in [3.8, 4) is 0 Å². The van der Waals surface area contributed by atoms with E-state index in [2.05, 4.69) is 10.6 Å². The fourth-order valence-corrected chi connectivity index (χ4v) is 2.88. The summed E-state index contributed by atoms with van der Waals surface area (Å²) >= 11 is 0. The van der Waals surface area contributed by atoms with Gasteiger partial charge in [-0.05, 0) is 31.0 Å². The summed E-state index contributed by atoms with van der Waals surface area (Å²) in [4.78, 5) is 37.5. The minimum Gasteiger partial charge on any atom is -0.351 e. The average Bonchev–Trinajstić information content (AvgIpc) is 2.53. The van der Waals surface area contributed by atoms with Crippen LogP contribution < -0.4 is 16.4 Å². The summed E-state index contributed by atoms with van der Waals surface area (Å²) < 4.78 is 0. The van der Waals surface area contributed by atoms with Crippen molar-refractivity contribution >= 4 is 29.2 Å². The summed E-state index contributed by atoms with van der Waals surface area (Å²) in [6.07, 6.45) is 1.29. The van der Waals surface area contributed by atoms with Gasteiger partial charge >= 0.3 is 6.03 Å². The summed E-state index contributed by atoms with van der Waals surface area (Å²) in [7, 11) is 0. The molecule has 4 amide bonds. The van der Waals surface area contributed by atoms with E-state index in [4.69, 9.17) is 5.73 Å². The van der Waals surface area contributed by atoms with Crippen molar-refractivity contribution in [2.45, 2.75) is 33.6 Å². The number of primary amides is 1. The number of nitrogens with one attached hydrogen (secondary N) is 2. The second kappa shape index (κ2) is 7.55. The first-order chi connectivity index (χ1) is 11.7. The minimum atomic E-state index is -0.653. The van der Waals surface area contributed by atoms with E-state index >= 15 is 0 Å². The van der Waals surface area contributed by atoms with Gasteiger partial charge in [-0.25, -0.2) is 4.79 Å². The first-order valence-corrected chi connectivity index (χ1v) is 8.43. The lowest BCUT2D eigenvalue weighted by Gasteiger charge is -2.35. The Labute approximate surface area is 147 Å². The fraction of sp³-hybridized carbons (Fsp3) is 0.500. The molecule has 7 heteroatoms. The zero-order valence-electron chi connectivity index (χ0n) is 15.0. The zero-order valence-corrected chi connectivity index (χ0v) is 15.0. The topological polar surface area (TPSA) is 105 Å². The molecule has 1 heterocycles. The monoisotopic (exact) mass is 346 g/mol. The first-order valence-electron chi connectivity index (χ1n) is 8.43. The van der Waals surface area contributed by atoms with Crippen molar-refractivity contribution < 1.29 is 14.4 Å². The first kappa shape index (κ1) is 18.8. The van der Waals surface area contributed by atoms with Crippen molar-refractivity contribution in [2.75, 3.05) is 23.7 Å². The number of likely N-dealkylation sites (tertiary alicyclic amines) is 1. The normalized spacial score (nSPS) is 15.6. The van der Waals surface area contributed by atoms with E-state index in [-0.39, 0.29) is 17.7 Å². The lowest BCUT2D eigenvalue weighted by atomic mass is 9.90.